The molecule has 0 saturated carbocycles. The Morgan fingerprint density at radius 1 is 1.03 bits per heavy atom. The SMILES string of the molecule is CCOc1ccccc1NC(=O)N1CCN(c2nc3ccccc3n(CC)c2=O)CC1. The first kappa shape index (κ1) is 20.7. The van der Waals surface area contributed by atoms with Crippen LogP contribution in [0.4, 0.5) is 16.3 Å². The number of nitrogens with zero attached hydrogens (tertiary/aromatic N) is 4. The van der Waals surface area contributed by atoms with Gasteiger partial charge in [-0.2, -0.15) is 0 Å². The average Bonchev–Trinajstić information content (AvgIpc) is 2.80. The van der Waals surface area contributed by atoms with Crippen molar-refractivity contribution in [3.63, 3.8) is 0 Å². The quantitative estimate of drug-likeness (QED) is 0.685. The summed E-state index contributed by atoms with van der Waals surface area (Å²) in [6.07, 6.45) is 0. The summed E-state index contributed by atoms with van der Waals surface area (Å²) in [5, 5.41) is 2.94. The Labute approximate surface area is 181 Å². The summed E-state index contributed by atoms with van der Waals surface area (Å²) in [4.78, 5) is 34.1. The third-order valence-corrected chi connectivity index (χ3v) is 5.45. The van der Waals surface area contributed by atoms with Crippen molar-refractivity contribution in [3.8, 4) is 5.75 Å². The second-order valence-corrected chi connectivity index (χ2v) is 7.31. The minimum Gasteiger partial charge on any atom is -0.492 e. The van der Waals surface area contributed by atoms with E-state index in [0.717, 1.165) is 11.0 Å². The molecule has 2 amide bonds. The van der Waals surface area contributed by atoms with E-state index in [1.54, 1.807) is 9.47 Å². The molecule has 0 spiro atoms. The Morgan fingerprint density at radius 3 is 2.48 bits per heavy atom. The Balaban J connectivity index is 1.47. The number of aryl methyl sites for hydroxylation is 1. The third kappa shape index (κ3) is 4.19. The predicted molar refractivity (Wildman–Crippen MR) is 122 cm³/mol. The summed E-state index contributed by atoms with van der Waals surface area (Å²) in [7, 11) is 0. The minimum absolute atomic E-state index is 0.0928. The van der Waals surface area contributed by atoms with Crippen LogP contribution < -0.4 is 20.5 Å². The van der Waals surface area contributed by atoms with E-state index < -0.39 is 0 Å². The van der Waals surface area contributed by atoms with Gasteiger partial charge in [0.05, 0.1) is 23.3 Å². The first-order valence-electron chi connectivity index (χ1n) is 10.6. The summed E-state index contributed by atoms with van der Waals surface area (Å²) >= 11 is 0. The number of urea groups is 1. The van der Waals surface area contributed by atoms with Crippen LogP contribution in [-0.2, 0) is 6.54 Å². The fourth-order valence-electron chi connectivity index (χ4n) is 3.87. The molecule has 1 aliphatic rings. The van der Waals surface area contributed by atoms with E-state index in [2.05, 4.69) is 10.3 Å². The summed E-state index contributed by atoms with van der Waals surface area (Å²) in [6.45, 7) is 7.07. The molecule has 1 aromatic heterocycles. The molecule has 162 valence electrons. The molecule has 0 unspecified atom stereocenters. The highest BCUT2D eigenvalue weighted by Crippen LogP contribution is 2.24. The number of hydrogen-bond donors (Lipinski definition) is 1. The number of fused-ring (bicyclic) bond motifs is 1. The molecule has 0 radical (unpaired) electrons. The lowest BCUT2D eigenvalue weighted by atomic mass is 10.2. The van der Waals surface area contributed by atoms with Crippen molar-refractivity contribution in [1.29, 1.82) is 0 Å². The van der Waals surface area contributed by atoms with Crippen LogP contribution in [0.15, 0.2) is 53.3 Å². The van der Waals surface area contributed by atoms with Gasteiger partial charge in [-0.15, -0.1) is 0 Å². The van der Waals surface area contributed by atoms with Crippen molar-refractivity contribution in [3.05, 3.63) is 58.9 Å². The number of nitrogens with one attached hydrogen (secondary N) is 1. The van der Waals surface area contributed by atoms with Crippen LogP contribution in [-0.4, -0.2) is 53.3 Å². The Kier molecular flexibility index (Phi) is 6.06. The number of anilines is 2. The monoisotopic (exact) mass is 421 g/mol. The number of rotatable bonds is 5. The summed E-state index contributed by atoms with van der Waals surface area (Å²) in [5.74, 6) is 1.10. The lowest BCUT2D eigenvalue weighted by Gasteiger charge is -2.35. The number of aromatic nitrogens is 2. The maximum Gasteiger partial charge on any atom is 0.322 e. The van der Waals surface area contributed by atoms with E-state index in [1.807, 2.05) is 67.3 Å². The normalized spacial score (nSPS) is 14.0. The maximum absolute atomic E-state index is 13.0. The highest BCUT2D eigenvalue weighted by atomic mass is 16.5. The van der Waals surface area contributed by atoms with Gasteiger partial charge in [0.1, 0.15) is 5.75 Å². The van der Waals surface area contributed by atoms with E-state index in [4.69, 9.17) is 4.74 Å². The van der Waals surface area contributed by atoms with Crippen LogP contribution in [0.2, 0.25) is 0 Å². The lowest BCUT2D eigenvalue weighted by molar-refractivity contribution is 0.208. The molecule has 0 bridgehead atoms. The average molecular weight is 422 g/mol. The molecule has 3 aromatic rings. The fraction of sp³-hybridized carbons (Fsp3) is 0.348. The lowest BCUT2D eigenvalue weighted by Crippen LogP contribution is -2.51. The second kappa shape index (κ2) is 9.07. The summed E-state index contributed by atoms with van der Waals surface area (Å²) < 4.78 is 7.33. The van der Waals surface area contributed by atoms with Gasteiger partial charge in [-0.25, -0.2) is 9.78 Å². The molecule has 2 heterocycles. The van der Waals surface area contributed by atoms with Crippen molar-refractivity contribution in [2.45, 2.75) is 20.4 Å². The van der Waals surface area contributed by atoms with Gasteiger partial charge in [-0.1, -0.05) is 24.3 Å². The maximum atomic E-state index is 13.0. The van der Waals surface area contributed by atoms with Gasteiger partial charge in [-0.3, -0.25) is 4.79 Å². The number of benzene rings is 2. The van der Waals surface area contributed by atoms with Crippen LogP contribution in [0.25, 0.3) is 11.0 Å². The molecule has 8 heteroatoms. The highest BCUT2D eigenvalue weighted by molar-refractivity contribution is 5.91. The topological polar surface area (TPSA) is 79.7 Å². The van der Waals surface area contributed by atoms with Crippen molar-refractivity contribution < 1.29 is 9.53 Å². The smallest absolute Gasteiger partial charge is 0.322 e. The van der Waals surface area contributed by atoms with E-state index in [0.29, 0.717) is 56.6 Å². The molecule has 8 nitrogen and oxygen atoms in total. The van der Waals surface area contributed by atoms with E-state index in [9.17, 15) is 9.59 Å². The van der Waals surface area contributed by atoms with E-state index in [1.165, 1.54) is 0 Å². The van der Waals surface area contributed by atoms with Gasteiger partial charge in [0.25, 0.3) is 5.56 Å². The summed E-state index contributed by atoms with van der Waals surface area (Å²) in [5.41, 5.74) is 2.19. The summed E-state index contributed by atoms with van der Waals surface area (Å²) in [6, 6.07) is 14.9. The zero-order valence-corrected chi connectivity index (χ0v) is 17.9. The van der Waals surface area contributed by atoms with Crippen LogP contribution >= 0.6 is 0 Å². The van der Waals surface area contributed by atoms with Gasteiger partial charge in [0, 0.05) is 32.7 Å². The molecule has 4 rings (SSSR count). The van der Waals surface area contributed by atoms with Gasteiger partial charge >= 0.3 is 6.03 Å². The Hall–Kier alpha value is -3.55. The number of carbonyl (C=O) groups excluding carboxylic acids is 1. The molecule has 0 atom stereocenters. The molecule has 2 aromatic carbocycles. The van der Waals surface area contributed by atoms with E-state index >= 15 is 0 Å². The molecule has 1 fully saturated rings. The zero-order valence-electron chi connectivity index (χ0n) is 17.9. The molecule has 1 aliphatic heterocycles. The second-order valence-electron chi connectivity index (χ2n) is 7.31. The molecular weight excluding hydrogens is 394 g/mol. The van der Waals surface area contributed by atoms with Crippen molar-refractivity contribution in [2.75, 3.05) is 43.0 Å². The van der Waals surface area contributed by atoms with Crippen LogP contribution in [0.1, 0.15) is 13.8 Å². The number of para-hydroxylation sites is 4. The van der Waals surface area contributed by atoms with Gasteiger partial charge < -0.3 is 24.4 Å². The van der Waals surface area contributed by atoms with Gasteiger partial charge in [0.15, 0.2) is 5.82 Å². The van der Waals surface area contributed by atoms with Gasteiger partial charge in [0.2, 0.25) is 0 Å². The van der Waals surface area contributed by atoms with Crippen molar-refractivity contribution in [1.82, 2.24) is 14.5 Å². The standard InChI is InChI=1S/C23H27N5O3/c1-3-28-19-11-7-5-9-17(19)24-21(22(28)29)26-13-15-27(16-14-26)23(30)25-18-10-6-8-12-20(18)31-4-2/h5-12H,3-4,13-16H2,1-2H3,(H,25,30). The van der Waals surface area contributed by atoms with Crippen LogP contribution in [0.3, 0.4) is 0 Å². The molecule has 0 aliphatic carbocycles. The van der Waals surface area contributed by atoms with Gasteiger partial charge in [-0.05, 0) is 38.1 Å². The van der Waals surface area contributed by atoms with Crippen LogP contribution in [0.5, 0.6) is 5.75 Å². The largest absolute Gasteiger partial charge is 0.492 e. The molecule has 1 saturated heterocycles. The Morgan fingerprint density at radius 2 is 1.74 bits per heavy atom. The number of amides is 2. The number of piperazine rings is 1. The van der Waals surface area contributed by atoms with Crippen LogP contribution in [0, 0.1) is 0 Å². The van der Waals surface area contributed by atoms with Crippen molar-refractivity contribution >= 4 is 28.6 Å². The first-order chi connectivity index (χ1) is 15.1. The Bertz CT molecular complexity index is 1140. The highest BCUT2D eigenvalue weighted by Gasteiger charge is 2.25. The zero-order chi connectivity index (χ0) is 21.8. The minimum atomic E-state index is -0.177. The molecular formula is C23H27N5O3. The predicted octanol–water partition coefficient (Wildman–Crippen LogP) is 3.17. The fourth-order valence-corrected chi connectivity index (χ4v) is 3.87. The molecule has 1 N–H and O–H groups in total. The third-order valence-electron chi connectivity index (χ3n) is 5.45. The van der Waals surface area contributed by atoms with Crippen molar-refractivity contribution in [2.24, 2.45) is 0 Å². The molecule has 31 heavy (non-hydrogen) atoms. The first-order valence-corrected chi connectivity index (χ1v) is 10.6. The number of hydrogen-bond acceptors (Lipinski definition) is 5. The number of ether oxygens (including phenoxy) is 1. The number of carbonyl (C=O) groups is 1. The van der Waals surface area contributed by atoms with E-state index in [-0.39, 0.29) is 11.6 Å².